The average molecular weight is 335 g/mol. The van der Waals surface area contributed by atoms with Gasteiger partial charge in [-0.1, -0.05) is 32.0 Å². The fraction of sp³-hybridized carbons (Fsp3) is 0.632. The third-order valence-corrected chi connectivity index (χ3v) is 5.00. The minimum absolute atomic E-state index is 0.0721. The molecule has 0 bridgehead atoms. The van der Waals surface area contributed by atoms with Crippen LogP contribution in [0.25, 0.3) is 0 Å². The summed E-state index contributed by atoms with van der Waals surface area (Å²) in [5.74, 6) is -0.124. The zero-order chi connectivity index (χ0) is 17.5. The van der Waals surface area contributed by atoms with Crippen molar-refractivity contribution in [2.75, 3.05) is 26.2 Å². The number of carbonyl (C=O) groups is 1. The fourth-order valence-corrected chi connectivity index (χ4v) is 3.50. The lowest BCUT2D eigenvalue weighted by Gasteiger charge is -2.28. The maximum Gasteiger partial charge on any atom is 0.237 e. The van der Waals surface area contributed by atoms with Crippen molar-refractivity contribution in [3.8, 4) is 0 Å². The van der Waals surface area contributed by atoms with E-state index in [1.54, 1.807) is 12.1 Å². The summed E-state index contributed by atoms with van der Waals surface area (Å²) in [6.45, 7) is 10.4. The molecule has 2 atom stereocenters. The fourth-order valence-electron chi connectivity index (χ4n) is 3.50. The number of rotatable bonds is 8. The van der Waals surface area contributed by atoms with E-state index in [1.807, 2.05) is 6.07 Å². The normalized spacial score (nSPS) is 19.6. The minimum atomic E-state index is -0.196. The van der Waals surface area contributed by atoms with E-state index in [1.165, 1.54) is 6.07 Å². The Labute approximate surface area is 145 Å². The third kappa shape index (κ3) is 4.77. The summed E-state index contributed by atoms with van der Waals surface area (Å²) in [7, 11) is 0. The molecule has 0 radical (unpaired) electrons. The first-order valence-corrected chi connectivity index (χ1v) is 9.06. The van der Waals surface area contributed by atoms with Crippen LogP contribution in [0.4, 0.5) is 4.39 Å². The Morgan fingerprint density at radius 2 is 2.08 bits per heavy atom. The van der Waals surface area contributed by atoms with Crippen LogP contribution in [0.15, 0.2) is 24.3 Å². The maximum absolute atomic E-state index is 13.9. The van der Waals surface area contributed by atoms with Gasteiger partial charge in [-0.25, -0.2) is 4.39 Å². The smallest absolute Gasteiger partial charge is 0.237 e. The number of benzene rings is 1. The molecular formula is C19H30FN3O. The molecule has 0 spiro atoms. The number of amides is 1. The highest BCUT2D eigenvalue weighted by Crippen LogP contribution is 2.21. The number of hydrogen-bond donors (Lipinski definition) is 1. The first-order chi connectivity index (χ1) is 11.6. The number of nitrogens with one attached hydrogen (secondary N) is 1. The summed E-state index contributed by atoms with van der Waals surface area (Å²) in [6, 6.07) is 6.99. The van der Waals surface area contributed by atoms with Gasteiger partial charge in [0.1, 0.15) is 5.82 Å². The van der Waals surface area contributed by atoms with Crippen LogP contribution in [-0.4, -0.2) is 54.0 Å². The van der Waals surface area contributed by atoms with Crippen LogP contribution in [0.1, 0.15) is 39.2 Å². The van der Waals surface area contributed by atoms with Crippen LogP contribution in [0.5, 0.6) is 0 Å². The zero-order valence-electron chi connectivity index (χ0n) is 15.1. The highest BCUT2D eigenvalue weighted by molar-refractivity contribution is 5.82. The first kappa shape index (κ1) is 18.9. The SMILES string of the molecule is CCN(CC)C(C)CNC(=O)C1CCCN1Cc1ccccc1F. The molecule has 24 heavy (non-hydrogen) atoms. The van der Waals surface area contributed by atoms with Crippen LogP contribution in [-0.2, 0) is 11.3 Å². The number of carbonyl (C=O) groups excluding carboxylic acids is 1. The predicted octanol–water partition coefficient (Wildman–Crippen LogP) is 2.64. The second-order valence-corrected chi connectivity index (χ2v) is 6.54. The van der Waals surface area contributed by atoms with Gasteiger partial charge >= 0.3 is 0 Å². The van der Waals surface area contributed by atoms with Crippen molar-refractivity contribution in [1.82, 2.24) is 15.1 Å². The predicted molar refractivity (Wildman–Crippen MR) is 95.2 cm³/mol. The largest absolute Gasteiger partial charge is 0.353 e. The molecule has 4 nitrogen and oxygen atoms in total. The third-order valence-electron chi connectivity index (χ3n) is 5.00. The van der Waals surface area contributed by atoms with Gasteiger partial charge in [0.05, 0.1) is 6.04 Å². The van der Waals surface area contributed by atoms with Crippen LogP contribution < -0.4 is 5.32 Å². The van der Waals surface area contributed by atoms with Crippen molar-refractivity contribution in [2.45, 2.75) is 52.2 Å². The van der Waals surface area contributed by atoms with Crippen molar-refractivity contribution < 1.29 is 9.18 Å². The van der Waals surface area contributed by atoms with Crippen LogP contribution in [0.2, 0.25) is 0 Å². The van der Waals surface area contributed by atoms with Gasteiger partial charge in [0.2, 0.25) is 5.91 Å². The average Bonchev–Trinajstić information content (AvgIpc) is 3.04. The van der Waals surface area contributed by atoms with Gasteiger partial charge in [-0.3, -0.25) is 14.6 Å². The van der Waals surface area contributed by atoms with E-state index in [-0.39, 0.29) is 17.8 Å². The number of nitrogens with zero attached hydrogens (tertiary/aromatic N) is 2. The molecule has 1 amide bonds. The summed E-state index contributed by atoms with van der Waals surface area (Å²) in [4.78, 5) is 17.0. The Hall–Kier alpha value is -1.46. The van der Waals surface area contributed by atoms with E-state index in [9.17, 15) is 9.18 Å². The second-order valence-electron chi connectivity index (χ2n) is 6.54. The van der Waals surface area contributed by atoms with Crippen molar-refractivity contribution in [3.05, 3.63) is 35.6 Å². The van der Waals surface area contributed by atoms with Crippen molar-refractivity contribution in [3.63, 3.8) is 0 Å². The summed E-state index contributed by atoms with van der Waals surface area (Å²) in [6.07, 6.45) is 1.83. The quantitative estimate of drug-likeness (QED) is 0.793. The molecule has 1 fully saturated rings. The van der Waals surface area contributed by atoms with Crippen LogP contribution in [0, 0.1) is 5.82 Å². The molecule has 1 aromatic rings. The number of likely N-dealkylation sites (N-methyl/N-ethyl adjacent to an activating group) is 1. The molecule has 0 saturated carbocycles. The molecular weight excluding hydrogens is 305 g/mol. The van der Waals surface area contributed by atoms with Crippen LogP contribution >= 0.6 is 0 Å². The monoisotopic (exact) mass is 335 g/mol. The Morgan fingerprint density at radius 3 is 2.75 bits per heavy atom. The molecule has 1 N–H and O–H groups in total. The number of halogens is 1. The summed E-state index contributed by atoms with van der Waals surface area (Å²) in [5, 5.41) is 3.09. The van der Waals surface area contributed by atoms with E-state index < -0.39 is 0 Å². The number of likely N-dealkylation sites (tertiary alicyclic amines) is 1. The highest BCUT2D eigenvalue weighted by Gasteiger charge is 2.31. The standard InChI is InChI=1S/C19H30FN3O/c1-4-22(5-2)15(3)13-21-19(24)18-11-8-12-23(18)14-16-9-6-7-10-17(16)20/h6-7,9-10,15,18H,4-5,8,11-14H2,1-3H3,(H,21,24). The van der Waals surface area contributed by atoms with Gasteiger partial charge in [0.25, 0.3) is 0 Å². The van der Waals surface area contributed by atoms with Crippen molar-refractivity contribution >= 4 is 5.91 Å². The molecule has 134 valence electrons. The maximum atomic E-state index is 13.9. The zero-order valence-corrected chi connectivity index (χ0v) is 15.1. The lowest BCUT2D eigenvalue weighted by atomic mass is 10.1. The van der Waals surface area contributed by atoms with E-state index in [0.717, 1.165) is 32.5 Å². The van der Waals surface area contributed by atoms with E-state index in [2.05, 4.69) is 35.9 Å². The molecule has 1 aliphatic rings. The molecule has 1 heterocycles. The Balaban J connectivity index is 1.90. The molecule has 0 aromatic heterocycles. The van der Waals surface area contributed by atoms with E-state index >= 15 is 0 Å². The molecule has 1 aliphatic heterocycles. The van der Waals surface area contributed by atoms with E-state index in [4.69, 9.17) is 0 Å². The van der Waals surface area contributed by atoms with Gasteiger partial charge in [-0.15, -0.1) is 0 Å². The van der Waals surface area contributed by atoms with Gasteiger partial charge in [0.15, 0.2) is 0 Å². The topological polar surface area (TPSA) is 35.6 Å². The molecule has 2 rings (SSSR count). The van der Waals surface area contributed by atoms with Crippen molar-refractivity contribution in [1.29, 1.82) is 0 Å². The Kier molecular flexibility index (Phi) is 7.18. The molecule has 2 unspecified atom stereocenters. The second kappa shape index (κ2) is 9.14. The summed E-state index contributed by atoms with van der Waals surface area (Å²) < 4.78 is 13.9. The van der Waals surface area contributed by atoms with Crippen LogP contribution in [0.3, 0.4) is 0 Å². The molecule has 5 heteroatoms. The van der Waals surface area contributed by atoms with Gasteiger partial charge in [0, 0.05) is 24.7 Å². The van der Waals surface area contributed by atoms with E-state index in [0.29, 0.717) is 24.7 Å². The minimum Gasteiger partial charge on any atom is -0.353 e. The molecule has 0 aliphatic carbocycles. The number of hydrogen-bond acceptors (Lipinski definition) is 3. The van der Waals surface area contributed by atoms with Gasteiger partial charge in [-0.2, -0.15) is 0 Å². The lowest BCUT2D eigenvalue weighted by Crippen LogP contribution is -2.48. The van der Waals surface area contributed by atoms with Crippen molar-refractivity contribution in [2.24, 2.45) is 0 Å². The summed E-state index contributed by atoms with van der Waals surface area (Å²) >= 11 is 0. The van der Waals surface area contributed by atoms with Gasteiger partial charge < -0.3 is 5.32 Å². The highest BCUT2D eigenvalue weighted by atomic mass is 19.1. The Bertz CT molecular complexity index is 533. The summed E-state index contributed by atoms with van der Waals surface area (Å²) in [5.41, 5.74) is 0.661. The lowest BCUT2D eigenvalue weighted by molar-refractivity contribution is -0.125. The van der Waals surface area contributed by atoms with Gasteiger partial charge in [-0.05, 0) is 45.5 Å². The first-order valence-electron chi connectivity index (χ1n) is 9.06. The molecule has 1 aromatic carbocycles. The Morgan fingerprint density at radius 1 is 1.38 bits per heavy atom. The molecule has 1 saturated heterocycles.